The van der Waals surface area contributed by atoms with Gasteiger partial charge in [-0.25, -0.2) is 15.0 Å². The molecule has 0 saturated heterocycles. The average Bonchev–Trinajstić information content (AvgIpc) is 1.56. The van der Waals surface area contributed by atoms with Crippen molar-refractivity contribution in [1.29, 1.82) is 0 Å². The quantitative estimate of drug-likeness (QED) is 0.159. The van der Waals surface area contributed by atoms with Crippen LogP contribution in [0.1, 0.15) is 49.9 Å². The van der Waals surface area contributed by atoms with Crippen LogP contribution in [0, 0.1) is 0 Å². The molecule has 0 atom stereocenters. The zero-order valence-electron chi connectivity index (χ0n) is 55.5. The number of hydrogen-bond donors (Lipinski definition) is 0. The highest BCUT2D eigenvalue weighted by Gasteiger charge is 2.40. The van der Waals surface area contributed by atoms with Crippen molar-refractivity contribution in [3.63, 3.8) is 0 Å². The summed E-state index contributed by atoms with van der Waals surface area (Å²) >= 11 is 0. The van der Waals surface area contributed by atoms with Crippen LogP contribution in [0.15, 0.2) is 310 Å². The fourth-order valence-corrected chi connectivity index (χ4v) is 17.0. The van der Waals surface area contributed by atoms with Crippen LogP contribution < -0.4 is 0 Å². The highest BCUT2D eigenvalue weighted by molar-refractivity contribution is 6.17. The highest BCUT2D eigenvalue weighted by atomic mass is 15.2. The molecule has 0 fully saturated rings. The minimum atomic E-state index is -0.172. The van der Waals surface area contributed by atoms with E-state index in [0.29, 0.717) is 23.5 Å². The van der Waals surface area contributed by atoms with Gasteiger partial charge in [0, 0.05) is 88.2 Å². The number of nitrogens with zero attached hydrogens (tertiary/aromatic N) is 9. The Kier molecular flexibility index (Phi) is 12.5. The second kappa shape index (κ2) is 21.8. The highest BCUT2D eigenvalue weighted by Crippen LogP contribution is 2.55. The maximum atomic E-state index is 5.33. The molecule has 0 bridgehead atoms. The van der Waals surface area contributed by atoms with Gasteiger partial charge in [0.25, 0.3) is 0 Å². The van der Waals surface area contributed by atoms with Gasteiger partial charge < -0.3 is 9.13 Å². The second-order valence-corrected chi connectivity index (χ2v) is 27.5. The Morgan fingerprint density at radius 2 is 0.650 bits per heavy atom. The topological polar surface area (TPSA) is 84.2 Å². The van der Waals surface area contributed by atoms with Gasteiger partial charge in [-0.2, -0.15) is 9.97 Å². The maximum absolute atomic E-state index is 5.33. The first kappa shape index (κ1) is 57.4. The molecule has 9 heteroatoms. The van der Waals surface area contributed by atoms with E-state index in [4.69, 9.17) is 24.9 Å². The molecule has 6 aromatic heterocycles. The van der Waals surface area contributed by atoms with E-state index < -0.39 is 0 Å². The first-order valence-corrected chi connectivity index (χ1v) is 34.3. The van der Waals surface area contributed by atoms with Gasteiger partial charge in [0.1, 0.15) is 0 Å². The molecule has 0 spiro atoms. The number of rotatable bonds is 7. The summed E-state index contributed by atoms with van der Waals surface area (Å²) in [6.45, 7) is 9.40. The summed E-state index contributed by atoms with van der Waals surface area (Å²) in [5, 5.41) is 9.72. The molecular formula is C91H63N9. The van der Waals surface area contributed by atoms with E-state index in [1.54, 1.807) is 0 Å². The number of benzene rings is 13. The molecule has 9 nitrogen and oxygen atoms in total. The summed E-state index contributed by atoms with van der Waals surface area (Å²) in [4.78, 5) is 25.9. The fourth-order valence-electron chi connectivity index (χ4n) is 17.0. The van der Waals surface area contributed by atoms with Gasteiger partial charge in [-0.05, 0) is 142 Å². The van der Waals surface area contributed by atoms with Crippen LogP contribution >= 0.6 is 0 Å². The average molecular weight is 1280 g/mol. The maximum Gasteiger partial charge on any atom is 0.238 e. The van der Waals surface area contributed by atoms with E-state index in [9.17, 15) is 0 Å². The van der Waals surface area contributed by atoms with Crippen LogP contribution in [0.3, 0.4) is 0 Å². The lowest BCUT2D eigenvalue weighted by Crippen LogP contribution is -2.15. The first-order valence-electron chi connectivity index (χ1n) is 34.3. The van der Waals surface area contributed by atoms with Crippen LogP contribution in [0.25, 0.3) is 167 Å². The monoisotopic (exact) mass is 1280 g/mol. The second-order valence-electron chi connectivity index (χ2n) is 27.5. The number of hydrogen-bond acceptors (Lipinski definition) is 5. The van der Waals surface area contributed by atoms with Crippen molar-refractivity contribution in [2.75, 3.05) is 0 Å². The molecule has 0 amide bonds. The SMILES string of the molecule is CC1(C)c2ccccc2-c2ccc3c(c21)c1ccccc1n3-c1nc(-c2ccccc2)nc(-c2ccc3c(c2)c2ccccc2n3-c2ccccc2)n1.CC1(C)c2ccccc2-c2ccc3c(c21)c1ccccc1n3-c1nccc(-c2ccc3c(c2)c2ccccc2n3-c2ccccc2)n1. The Morgan fingerprint density at radius 3 is 1.17 bits per heavy atom. The molecule has 0 radical (unpaired) electrons. The third-order valence-electron chi connectivity index (χ3n) is 21.3. The van der Waals surface area contributed by atoms with Gasteiger partial charge in [0.15, 0.2) is 11.6 Å². The van der Waals surface area contributed by atoms with Crippen LogP contribution in [0.2, 0.25) is 0 Å². The summed E-state index contributed by atoms with van der Waals surface area (Å²) < 4.78 is 9.16. The molecule has 472 valence electrons. The summed E-state index contributed by atoms with van der Waals surface area (Å²) in [5.74, 6) is 2.54. The normalized spacial score (nSPS) is 13.4. The lowest BCUT2D eigenvalue weighted by molar-refractivity contribution is 0.666. The van der Waals surface area contributed by atoms with Crippen LogP contribution in [-0.2, 0) is 10.8 Å². The van der Waals surface area contributed by atoms with Crippen molar-refractivity contribution in [1.82, 2.24) is 43.2 Å². The van der Waals surface area contributed by atoms with Crippen LogP contribution in [0.4, 0.5) is 0 Å². The van der Waals surface area contributed by atoms with E-state index in [2.05, 4.69) is 325 Å². The predicted molar refractivity (Wildman–Crippen MR) is 411 cm³/mol. The molecule has 0 N–H and O–H groups in total. The molecule has 0 aliphatic heterocycles. The van der Waals surface area contributed by atoms with Gasteiger partial charge in [0.2, 0.25) is 11.9 Å². The number of aromatic nitrogens is 9. The molecule has 0 unspecified atom stereocenters. The minimum absolute atomic E-state index is 0.128. The van der Waals surface area contributed by atoms with E-state index >= 15 is 0 Å². The first-order chi connectivity index (χ1) is 49.2. The molecule has 13 aromatic carbocycles. The third kappa shape index (κ3) is 8.45. The van der Waals surface area contributed by atoms with Crippen molar-refractivity contribution < 1.29 is 0 Å². The van der Waals surface area contributed by atoms with Crippen molar-refractivity contribution in [2.24, 2.45) is 0 Å². The minimum Gasteiger partial charge on any atom is -0.309 e. The van der Waals surface area contributed by atoms with Gasteiger partial charge in [-0.15, -0.1) is 0 Å². The van der Waals surface area contributed by atoms with E-state index in [1.807, 2.05) is 30.5 Å². The summed E-state index contributed by atoms with van der Waals surface area (Å²) in [6.07, 6.45) is 1.89. The van der Waals surface area contributed by atoms with Gasteiger partial charge in [0.05, 0.1) is 49.8 Å². The lowest BCUT2D eigenvalue weighted by Gasteiger charge is -2.22. The lowest BCUT2D eigenvalue weighted by atomic mass is 9.80. The Balaban J connectivity index is 0.000000136. The molecular weight excluding hydrogens is 1220 g/mol. The Bertz CT molecular complexity index is 6590. The van der Waals surface area contributed by atoms with Gasteiger partial charge >= 0.3 is 0 Å². The van der Waals surface area contributed by atoms with Crippen molar-refractivity contribution in [3.8, 4) is 79.6 Å². The van der Waals surface area contributed by atoms with E-state index in [1.165, 1.54) is 93.2 Å². The molecule has 19 aromatic rings. The summed E-state index contributed by atoms with van der Waals surface area (Å²) in [7, 11) is 0. The number of para-hydroxylation sites is 6. The zero-order chi connectivity index (χ0) is 66.5. The smallest absolute Gasteiger partial charge is 0.238 e. The van der Waals surface area contributed by atoms with Gasteiger partial charge in [-0.1, -0.05) is 234 Å². The van der Waals surface area contributed by atoms with E-state index in [0.717, 1.165) is 72.2 Å². The largest absolute Gasteiger partial charge is 0.309 e. The molecule has 0 saturated carbocycles. The van der Waals surface area contributed by atoms with Crippen molar-refractivity contribution >= 4 is 87.2 Å². The Labute approximate surface area is 576 Å². The zero-order valence-corrected chi connectivity index (χ0v) is 55.5. The fraction of sp³-hybridized carbons (Fsp3) is 0.0659. The number of fused-ring (bicyclic) bond motifs is 20. The molecule has 6 heterocycles. The predicted octanol–water partition coefficient (Wildman–Crippen LogP) is 22.4. The summed E-state index contributed by atoms with van der Waals surface area (Å²) in [5.41, 5.74) is 25.6. The molecule has 2 aliphatic carbocycles. The van der Waals surface area contributed by atoms with Gasteiger partial charge in [-0.3, -0.25) is 9.13 Å². The van der Waals surface area contributed by atoms with Crippen LogP contribution in [-0.4, -0.2) is 43.2 Å². The molecule has 2 aliphatic rings. The third-order valence-corrected chi connectivity index (χ3v) is 21.3. The van der Waals surface area contributed by atoms with E-state index in [-0.39, 0.29) is 10.8 Å². The Morgan fingerprint density at radius 1 is 0.260 bits per heavy atom. The van der Waals surface area contributed by atoms with Crippen molar-refractivity contribution in [2.45, 2.75) is 38.5 Å². The Hall–Kier alpha value is -12.9. The standard InChI is InChI=1S/C48H33N5.C43H30N4/c1-48(2)38-22-12-9-19-33(38)35-26-28-42-43(44(35)48)36-21-11-14-24-40(36)53(42)47-50-45(30-15-5-3-6-16-30)49-46(51-47)31-25-27-41-37(29-31)34-20-10-13-23-39(34)52(41)32-17-7-4-8-18-32;1-43(2)34-17-9-6-14-29(34)31-21-23-39-40(41(31)43)32-16-8-11-19-37(32)47(39)42-44-25-24-35(45-42)27-20-22-38-33(26-27)30-15-7-10-18-36(30)46(38)28-12-4-3-5-13-28/h3-29H,1-2H3;3-26H,1-2H3. The van der Waals surface area contributed by atoms with Crippen molar-refractivity contribution in [3.05, 3.63) is 332 Å². The molecule has 21 rings (SSSR count). The molecule has 100 heavy (non-hydrogen) atoms. The van der Waals surface area contributed by atoms with Crippen LogP contribution in [0.5, 0.6) is 0 Å². The summed E-state index contributed by atoms with van der Waals surface area (Å²) in [6, 6.07) is 108.